The molecule has 1 aliphatic carbocycles. The van der Waals surface area contributed by atoms with Crippen molar-refractivity contribution in [1.29, 1.82) is 0 Å². The maximum atomic E-state index is 14.3. The normalized spacial score (nSPS) is 21.5. The molecule has 2 heterocycles. The van der Waals surface area contributed by atoms with Crippen LogP contribution in [0.1, 0.15) is 41.7 Å². The Balaban J connectivity index is 1.56. The Morgan fingerprint density at radius 3 is 2.58 bits per heavy atom. The Morgan fingerprint density at radius 1 is 1.23 bits per heavy atom. The predicted molar refractivity (Wildman–Crippen MR) is 94.1 cm³/mol. The first-order valence-electron chi connectivity index (χ1n) is 8.98. The van der Waals surface area contributed by atoms with Gasteiger partial charge in [-0.15, -0.1) is 0 Å². The molecule has 1 saturated carbocycles. The first kappa shape index (κ1) is 17.1. The van der Waals surface area contributed by atoms with E-state index in [1.54, 1.807) is 23.1 Å². The lowest BCUT2D eigenvalue weighted by atomic mass is 9.93. The average molecular weight is 355 g/mol. The number of hydrogen-bond acceptors (Lipinski definition) is 4. The van der Waals surface area contributed by atoms with E-state index in [2.05, 4.69) is 9.97 Å². The molecule has 6 heteroatoms. The van der Waals surface area contributed by atoms with Crippen molar-refractivity contribution >= 4 is 5.91 Å². The minimum Gasteiger partial charge on any atom is -0.367 e. The summed E-state index contributed by atoms with van der Waals surface area (Å²) in [6, 6.07) is 8.50. The van der Waals surface area contributed by atoms with E-state index in [1.165, 1.54) is 6.07 Å². The molecular formula is C20H22FN3O2. The second-order valence-electron chi connectivity index (χ2n) is 7.18. The molecule has 2 aliphatic rings. The van der Waals surface area contributed by atoms with Crippen LogP contribution >= 0.6 is 0 Å². The monoisotopic (exact) mass is 355 g/mol. The molecule has 1 aromatic heterocycles. The Morgan fingerprint density at radius 2 is 1.92 bits per heavy atom. The van der Waals surface area contributed by atoms with E-state index in [-0.39, 0.29) is 17.8 Å². The topological polar surface area (TPSA) is 55.3 Å². The fraction of sp³-hybridized carbons (Fsp3) is 0.450. The molecule has 1 amide bonds. The predicted octanol–water partition coefficient (Wildman–Crippen LogP) is 2.86. The molecule has 1 saturated heterocycles. The number of hydrogen-bond donors (Lipinski definition) is 0. The molecule has 1 aliphatic heterocycles. The van der Waals surface area contributed by atoms with Crippen molar-refractivity contribution in [2.45, 2.75) is 38.2 Å². The van der Waals surface area contributed by atoms with Crippen LogP contribution in [0.4, 0.5) is 4.39 Å². The van der Waals surface area contributed by atoms with Crippen molar-refractivity contribution in [3.8, 4) is 0 Å². The minimum atomic E-state index is -0.712. The first-order chi connectivity index (χ1) is 12.5. The van der Waals surface area contributed by atoms with Gasteiger partial charge >= 0.3 is 0 Å². The fourth-order valence-corrected chi connectivity index (χ4v) is 3.76. The average Bonchev–Trinajstić information content (AvgIpc) is 3.42. The summed E-state index contributed by atoms with van der Waals surface area (Å²) in [4.78, 5) is 23.9. The van der Waals surface area contributed by atoms with Gasteiger partial charge in [0.1, 0.15) is 11.9 Å². The molecule has 136 valence electrons. The standard InChI is InChI=1S/C20H22FN3O2/c1-13-11-14(2)23-18(22-13)17-12-24(9-10-26-17)19(25)20(7-8-20)15-5-3-4-6-16(15)21/h3-6,11,17H,7-10,12H2,1-2H3. The summed E-state index contributed by atoms with van der Waals surface area (Å²) in [5.74, 6) is 0.289. The molecule has 0 radical (unpaired) electrons. The Kier molecular flexibility index (Phi) is 4.23. The molecule has 26 heavy (non-hydrogen) atoms. The smallest absolute Gasteiger partial charge is 0.233 e. The Bertz CT molecular complexity index is 830. The summed E-state index contributed by atoms with van der Waals surface area (Å²) in [5.41, 5.74) is 1.56. The van der Waals surface area contributed by atoms with E-state index >= 15 is 0 Å². The summed E-state index contributed by atoms with van der Waals surface area (Å²) in [6.07, 6.45) is 1.03. The third-order valence-corrected chi connectivity index (χ3v) is 5.19. The number of carbonyl (C=O) groups excluding carboxylic acids is 1. The molecule has 0 N–H and O–H groups in total. The van der Waals surface area contributed by atoms with Crippen LogP contribution in [0, 0.1) is 19.7 Å². The summed E-state index contributed by atoms with van der Waals surface area (Å²) < 4.78 is 20.1. The van der Waals surface area contributed by atoms with Gasteiger partial charge in [0.2, 0.25) is 5.91 Å². The number of nitrogens with zero attached hydrogens (tertiary/aromatic N) is 3. The molecule has 0 bridgehead atoms. The second kappa shape index (κ2) is 6.43. The number of carbonyl (C=O) groups is 1. The number of ether oxygens (including phenoxy) is 1. The van der Waals surface area contributed by atoms with Gasteiger partial charge in [-0.2, -0.15) is 0 Å². The van der Waals surface area contributed by atoms with E-state index in [0.717, 1.165) is 11.4 Å². The van der Waals surface area contributed by atoms with Gasteiger partial charge in [-0.25, -0.2) is 14.4 Å². The number of rotatable bonds is 3. The highest BCUT2D eigenvalue weighted by molar-refractivity contribution is 5.91. The third-order valence-electron chi connectivity index (χ3n) is 5.19. The molecule has 5 nitrogen and oxygen atoms in total. The van der Waals surface area contributed by atoms with Gasteiger partial charge in [0, 0.05) is 23.5 Å². The Hall–Kier alpha value is -2.34. The summed E-state index contributed by atoms with van der Waals surface area (Å²) in [5, 5.41) is 0. The van der Waals surface area contributed by atoms with Gasteiger partial charge in [0.05, 0.1) is 18.6 Å². The summed E-state index contributed by atoms with van der Waals surface area (Å²) in [7, 11) is 0. The number of benzene rings is 1. The zero-order valence-electron chi connectivity index (χ0n) is 15.0. The van der Waals surface area contributed by atoms with Crippen LogP contribution in [-0.2, 0) is 14.9 Å². The van der Waals surface area contributed by atoms with Crippen molar-refractivity contribution in [1.82, 2.24) is 14.9 Å². The van der Waals surface area contributed by atoms with Crippen molar-refractivity contribution in [2.24, 2.45) is 0 Å². The van der Waals surface area contributed by atoms with Gasteiger partial charge in [-0.3, -0.25) is 4.79 Å². The van der Waals surface area contributed by atoms with E-state index in [9.17, 15) is 9.18 Å². The number of amides is 1. The molecule has 1 atom stereocenters. The van der Waals surface area contributed by atoms with E-state index in [1.807, 2.05) is 19.9 Å². The van der Waals surface area contributed by atoms with Crippen LogP contribution in [0.2, 0.25) is 0 Å². The number of aryl methyl sites for hydroxylation is 2. The lowest BCUT2D eigenvalue weighted by molar-refractivity contribution is -0.142. The van der Waals surface area contributed by atoms with E-state index in [4.69, 9.17) is 4.74 Å². The number of aromatic nitrogens is 2. The highest BCUT2D eigenvalue weighted by Crippen LogP contribution is 2.50. The van der Waals surface area contributed by atoms with Crippen LogP contribution in [0.5, 0.6) is 0 Å². The zero-order chi connectivity index (χ0) is 18.3. The molecule has 2 aromatic rings. The number of morpholine rings is 1. The van der Waals surface area contributed by atoms with Crippen molar-refractivity contribution < 1.29 is 13.9 Å². The highest BCUT2D eigenvalue weighted by Gasteiger charge is 2.54. The quantitative estimate of drug-likeness (QED) is 0.850. The van der Waals surface area contributed by atoms with E-state index in [0.29, 0.717) is 43.9 Å². The zero-order valence-corrected chi connectivity index (χ0v) is 15.0. The van der Waals surface area contributed by atoms with Gasteiger partial charge in [-0.05, 0) is 38.8 Å². The van der Waals surface area contributed by atoms with Gasteiger partial charge in [0.15, 0.2) is 5.82 Å². The van der Waals surface area contributed by atoms with Crippen LogP contribution in [-0.4, -0.2) is 40.5 Å². The first-order valence-corrected chi connectivity index (χ1v) is 8.98. The third kappa shape index (κ3) is 2.98. The second-order valence-corrected chi connectivity index (χ2v) is 7.18. The van der Waals surface area contributed by atoms with Gasteiger partial charge in [0.25, 0.3) is 0 Å². The molecule has 2 fully saturated rings. The van der Waals surface area contributed by atoms with Crippen LogP contribution in [0.15, 0.2) is 30.3 Å². The maximum absolute atomic E-state index is 14.3. The van der Waals surface area contributed by atoms with Crippen LogP contribution < -0.4 is 0 Å². The van der Waals surface area contributed by atoms with Crippen molar-refractivity contribution in [3.63, 3.8) is 0 Å². The lowest BCUT2D eigenvalue weighted by Crippen LogP contribution is -2.47. The highest BCUT2D eigenvalue weighted by atomic mass is 19.1. The largest absolute Gasteiger partial charge is 0.367 e. The molecule has 0 spiro atoms. The Labute approximate surface area is 152 Å². The van der Waals surface area contributed by atoms with Crippen molar-refractivity contribution in [3.05, 3.63) is 58.9 Å². The van der Waals surface area contributed by atoms with Crippen molar-refractivity contribution in [2.75, 3.05) is 19.7 Å². The van der Waals surface area contributed by atoms with Crippen LogP contribution in [0.25, 0.3) is 0 Å². The number of halogens is 1. The van der Waals surface area contributed by atoms with E-state index < -0.39 is 5.41 Å². The molecule has 1 aromatic carbocycles. The van der Waals surface area contributed by atoms with Gasteiger partial charge in [-0.1, -0.05) is 18.2 Å². The molecular weight excluding hydrogens is 333 g/mol. The summed E-state index contributed by atoms with van der Waals surface area (Å²) >= 11 is 0. The van der Waals surface area contributed by atoms with Crippen LogP contribution in [0.3, 0.4) is 0 Å². The maximum Gasteiger partial charge on any atom is 0.233 e. The molecule has 4 rings (SSSR count). The SMILES string of the molecule is Cc1cc(C)nc(C2CN(C(=O)C3(c4ccccc4F)CC3)CCO2)n1. The summed E-state index contributed by atoms with van der Waals surface area (Å²) in [6.45, 7) is 5.18. The minimum absolute atomic E-state index is 0.0136. The van der Waals surface area contributed by atoms with Gasteiger partial charge < -0.3 is 9.64 Å². The fourth-order valence-electron chi connectivity index (χ4n) is 3.76. The lowest BCUT2D eigenvalue weighted by Gasteiger charge is -2.35. The molecule has 1 unspecified atom stereocenters.